The Morgan fingerprint density at radius 2 is 2.06 bits per heavy atom. The molecule has 3 atom stereocenters. The van der Waals surface area contributed by atoms with Gasteiger partial charge in [-0.25, -0.2) is 0 Å². The summed E-state index contributed by atoms with van der Waals surface area (Å²) in [5.74, 6) is 1.57. The lowest BCUT2D eigenvalue weighted by molar-refractivity contribution is -0.0137. The van der Waals surface area contributed by atoms with E-state index >= 15 is 0 Å². The van der Waals surface area contributed by atoms with Gasteiger partial charge >= 0.3 is 0 Å². The standard InChI is InChI=1S/C16H23ClO/c1-5-11(2)12-8-6-7-9-13(12)18-15-10-14(17)16(15,3)4/h6-9,11,14-15H,5,10H2,1-4H3. The Morgan fingerprint density at radius 3 is 2.61 bits per heavy atom. The van der Waals surface area contributed by atoms with E-state index in [0.29, 0.717) is 5.92 Å². The fraction of sp³-hybridized carbons (Fsp3) is 0.625. The number of alkyl halides is 1. The second-order valence-electron chi connectivity index (χ2n) is 5.98. The highest BCUT2D eigenvalue weighted by molar-refractivity contribution is 6.21. The van der Waals surface area contributed by atoms with Crippen molar-refractivity contribution in [2.75, 3.05) is 0 Å². The summed E-state index contributed by atoms with van der Waals surface area (Å²) in [6.07, 6.45) is 2.32. The third kappa shape index (κ3) is 2.38. The van der Waals surface area contributed by atoms with E-state index in [9.17, 15) is 0 Å². The lowest BCUT2D eigenvalue weighted by Crippen LogP contribution is -2.53. The first kappa shape index (κ1) is 13.7. The molecule has 2 rings (SSSR count). The van der Waals surface area contributed by atoms with Crippen molar-refractivity contribution in [3.8, 4) is 5.75 Å². The normalized spacial score (nSPS) is 27.4. The van der Waals surface area contributed by atoms with Gasteiger partial charge in [0.25, 0.3) is 0 Å². The van der Waals surface area contributed by atoms with Gasteiger partial charge < -0.3 is 4.74 Å². The largest absolute Gasteiger partial charge is 0.489 e. The van der Waals surface area contributed by atoms with Crippen LogP contribution in [0.25, 0.3) is 0 Å². The van der Waals surface area contributed by atoms with Gasteiger partial charge in [0.15, 0.2) is 0 Å². The smallest absolute Gasteiger partial charge is 0.123 e. The number of ether oxygens (including phenoxy) is 1. The van der Waals surface area contributed by atoms with E-state index in [1.165, 1.54) is 5.56 Å². The molecule has 0 spiro atoms. The van der Waals surface area contributed by atoms with Crippen LogP contribution in [-0.4, -0.2) is 11.5 Å². The number of hydrogen-bond acceptors (Lipinski definition) is 1. The molecule has 1 saturated carbocycles. The number of hydrogen-bond donors (Lipinski definition) is 0. The Kier molecular flexibility index (Phi) is 3.91. The average molecular weight is 267 g/mol. The molecule has 0 aliphatic heterocycles. The summed E-state index contributed by atoms with van der Waals surface area (Å²) >= 11 is 6.25. The summed E-state index contributed by atoms with van der Waals surface area (Å²) < 4.78 is 6.21. The Balaban J connectivity index is 2.15. The van der Waals surface area contributed by atoms with Gasteiger partial charge in [-0.1, -0.05) is 45.9 Å². The van der Waals surface area contributed by atoms with Gasteiger partial charge in [0, 0.05) is 17.2 Å². The van der Waals surface area contributed by atoms with E-state index in [2.05, 4.69) is 45.9 Å². The Hall–Kier alpha value is -0.690. The topological polar surface area (TPSA) is 9.23 Å². The van der Waals surface area contributed by atoms with Crippen LogP contribution in [0.5, 0.6) is 5.75 Å². The van der Waals surface area contributed by atoms with E-state index in [4.69, 9.17) is 16.3 Å². The fourth-order valence-electron chi connectivity index (χ4n) is 2.40. The molecule has 0 aromatic heterocycles. The predicted molar refractivity (Wildman–Crippen MR) is 77.6 cm³/mol. The molecule has 18 heavy (non-hydrogen) atoms. The first-order valence-corrected chi connectivity index (χ1v) is 7.30. The van der Waals surface area contributed by atoms with Gasteiger partial charge in [-0.05, 0) is 24.0 Å². The maximum atomic E-state index is 6.25. The van der Waals surface area contributed by atoms with E-state index in [1.54, 1.807) is 0 Å². The maximum absolute atomic E-state index is 6.25. The van der Waals surface area contributed by atoms with Crippen LogP contribution in [0, 0.1) is 5.41 Å². The molecule has 1 aromatic rings. The molecule has 1 aliphatic rings. The Labute approximate surface area is 115 Å². The van der Waals surface area contributed by atoms with Crippen molar-refractivity contribution in [1.82, 2.24) is 0 Å². The molecule has 0 heterocycles. The first-order valence-electron chi connectivity index (χ1n) is 6.86. The van der Waals surface area contributed by atoms with Crippen LogP contribution in [-0.2, 0) is 0 Å². The Morgan fingerprint density at radius 1 is 1.39 bits per heavy atom. The van der Waals surface area contributed by atoms with Crippen molar-refractivity contribution in [3.63, 3.8) is 0 Å². The highest BCUT2D eigenvalue weighted by atomic mass is 35.5. The second kappa shape index (κ2) is 5.13. The molecule has 0 radical (unpaired) electrons. The molecule has 100 valence electrons. The molecule has 0 amide bonds. The summed E-state index contributed by atoms with van der Waals surface area (Å²) in [6.45, 7) is 8.83. The van der Waals surface area contributed by atoms with Crippen molar-refractivity contribution < 1.29 is 4.74 Å². The van der Waals surface area contributed by atoms with Gasteiger partial charge in [0.2, 0.25) is 0 Å². The van der Waals surface area contributed by atoms with E-state index in [1.807, 2.05) is 6.07 Å². The molecule has 1 fully saturated rings. The third-order valence-electron chi connectivity index (χ3n) is 4.39. The van der Waals surface area contributed by atoms with E-state index in [-0.39, 0.29) is 16.9 Å². The first-order chi connectivity index (χ1) is 8.46. The number of rotatable bonds is 4. The van der Waals surface area contributed by atoms with Crippen LogP contribution < -0.4 is 4.74 Å². The van der Waals surface area contributed by atoms with Crippen LogP contribution in [0.3, 0.4) is 0 Å². The summed E-state index contributed by atoms with van der Waals surface area (Å²) in [7, 11) is 0. The zero-order chi connectivity index (χ0) is 13.3. The predicted octanol–water partition coefficient (Wildman–Crippen LogP) is 4.98. The number of halogens is 1. The van der Waals surface area contributed by atoms with Crippen molar-refractivity contribution >= 4 is 11.6 Å². The molecule has 0 bridgehead atoms. The third-order valence-corrected chi connectivity index (χ3v) is 5.13. The van der Waals surface area contributed by atoms with Crippen molar-refractivity contribution in [2.24, 2.45) is 5.41 Å². The van der Waals surface area contributed by atoms with Crippen molar-refractivity contribution in [2.45, 2.75) is 57.9 Å². The Bertz CT molecular complexity index is 413. The molecule has 2 heteroatoms. The van der Waals surface area contributed by atoms with Gasteiger partial charge in [-0.3, -0.25) is 0 Å². The fourth-order valence-corrected chi connectivity index (χ4v) is 2.71. The molecular weight excluding hydrogens is 244 g/mol. The summed E-state index contributed by atoms with van der Waals surface area (Å²) in [6, 6.07) is 8.39. The summed E-state index contributed by atoms with van der Waals surface area (Å²) in [5.41, 5.74) is 1.39. The van der Waals surface area contributed by atoms with Crippen LogP contribution in [0.1, 0.15) is 52.0 Å². The van der Waals surface area contributed by atoms with Crippen molar-refractivity contribution in [1.29, 1.82) is 0 Å². The highest BCUT2D eigenvalue weighted by Gasteiger charge is 2.49. The van der Waals surface area contributed by atoms with Gasteiger partial charge in [0.1, 0.15) is 11.9 Å². The minimum absolute atomic E-state index is 0.0735. The summed E-state index contributed by atoms with van der Waals surface area (Å²) in [4.78, 5) is 0. The van der Waals surface area contributed by atoms with Crippen LogP contribution in [0.15, 0.2) is 24.3 Å². The number of benzene rings is 1. The minimum Gasteiger partial charge on any atom is -0.489 e. The molecule has 3 unspecified atom stereocenters. The van der Waals surface area contributed by atoms with Gasteiger partial charge in [-0.2, -0.15) is 0 Å². The zero-order valence-electron chi connectivity index (χ0n) is 11.7. The number of para-hydroxylation sites is 1. The van der Waals surface area contributed by atoms with Crippen molar-refractivity contribution in [3.05, 3.63) is 29.8 Å². The lowest BCUT2D eigenvalue weighted by atomic mass is 9.68. The average Bonchev–Trinajstić information content (AvgIpc) is 2.38. The monoisotopic (exact) mass is 266 g/mol. The molecule has 1 nitrogen and oxygen atoms in total. The van der Waals surface area contributed by atoms with E-state index in [0.717, 1.165) is 18.6 Å². The molecular formula is C16H23ClO. The SMILES string of the molecule is CCC(C)c1ccccc1OC1CC(Cl)C1(C)C. The van der Waals surface area contributed by atoms with Crippen LogP contribution >= 0.6 is 11.6 Å². The second-order valence-corrected chi connectivity index (χ2v) is 6.51. The molecule has 1 aliphatic carbocycles. The quantitative estimate of drug-likeness (QED) is 0.698. The molecule has 0 saturated heterocycles. The zero-order valence-corrected chi connectivity index (χ0v) is 12.5. The van der Waals surface area contributed by atoms with Crippen LogP contribution in [0.2, 0.25) is 0 Å². The lowest BCUT2D eigenvalue weighted by Gasteiger charge is -2.48. The summed E-state index contributed by atoms with van der Waals surface area (Å²) in [5, 5.41) is 0.235. The minimum atomic E-state index is 0.0735. The maximum Gasteiger partial charge on any atom is 0.123 e. The van der Waals surface area contributed by atoms with Gasteiger partial charge in [0.05, 0.1) is 0 Å². The molecule has 0 N–H and O–H groups in total. The molecule has 1 aromatic carbocycles. The van der Waals surface area contributed by atoms with E-state index < -0.39 is 0 Å². The van der Waals surface area contributed by atoms with Crippen LogP contribution in [0.4, 0.5) is 0 Å². The highest BCUT2D eigenvalue weighted by Crippen LogP contribution is 2.47. The van der Waals surface area contributed by atoms with Gasteiger partial charge in [-0.15, -0.1) is 11.6 Å².